The Labute approximate surface area is 201 Å². The van der Waals surface area contributed by atoms with E-state index in [0.717, 1.165) is 11.1 Å². The van der Waals surface area contributed by atoms with Gasteiger partial charge in [-0.05, 0) is 68.3 Å². The van der Waals surface area contributed by atoms with Crippen LogP contribution >= 0.6 is 0 Å². The predicted molar refractivity (Wildman–Crippen MR) is 130 cm³/mol. The Hall–Kier alpha value is -4.73. The number of hydrazone groups is 1. The van der Waals surface area contributed by atoms with Crippen molar-refractivity contribution in [2.75, 3.05) is 5.32 Å². The second-order valence-corrected chi connectivity index (χ2v) is 7.91. The van der Waals surface area contributed by atoms with Crippen LogP contribution in [-0.4, -0.2) is 33.3 Å². The van der Waals surface area contributed by atoms with E-state index in [9.17, 15) is 14.4 Å². The number of furan rings is 1. The molecule has 10 nitrogen and oxygen atoms in total. The molecular formula is C25H24N6O4. The topological polar surface area (TPSA) is 130 Å². The first-order valence-corrected chi connectivity index (χ1v) is 10.8. The smallest absolute Gasteiger partial charge is 0.313 e. The SMILES string of the molecule is Cc1ccc(NC(=O)C(=O)NCc2ccc(/C=N/NC(=O)c3c(C)nc4ccccn34)o2)cc1C. The molecule has 3 amide bonds. The highest BCUT2D eigenvalue weighted by Gasteiger charge is 2.16. The number of aromatic nitrogens is 2. The molecule has 35 heavy (non-hydrogen) atoms. The fourth-order valence-corrected chi connectivity index (χ4v) is 3.41. The minimum absolute atomic E-state index is 0.0143. The summed E-state index contributed by atoms with van der Waals surface area (Å²) in [7, 11) is 0. The minimum Gasteiger partial charge on any atom is -0.458 e. The molecule has 0 saturated carbocycles. The molecule has 0 fully saturated rings. The molecule has 4 aromatic rings. The standard InChI is InChI=1S/C25H24N6O4/c1-15-7-8-18(12-16(15)2)29-25(34)24(33)26-13-19-9-10-20(35-19)14-27-30-23(32)22-17(3)28-21-6-4-5-11-31(21)22/h4-12,14H,13H2,1-3H3,(H,26,33)(H,29,34)(H,30,32)/b27-14+. The zero-order valence-electron chi connectivity index (χ0n) is 19.5. The third-order valence-corrected chi connectivity index (χ3v) is 5.35. The summed E-state index contributed by atoms with van der Waals surface area (Å²) in [6.07, 6.45) is 3.09. The summed E-state index contributed by atoms with van der Waals surface area (Å²) in [6, 6.07) is 14.1. The van der Waals surface area contributed by atoms with E-state index in [4.69, 9.17) is 4.42 Å². The van der Waals surface area contributed by atoms with Crippen molar-refractivity contribution in [2.45, 2.75) is 27.3 Å². The van der Waals surface area contributed by atoms with Crippen molar-refractivity contribution < 1.29 is 18.8 Å². The number of pyridine rings is 1. The molecule has 0 bridgehead atoms. The van der Waals surface area contributed by atoms with Crippen LogP contribution in [0.15, 0.2) is 64.2 Å². The highest BCUT2D eigenvalue weighted by atomic mass is 16.3. The monoisotopic (exact) mass is 472 g/mol. The van der Waals surface area contributed by atoms with Crippen molar-refractivity contribution in [3.05, 3.63) is 88.8 Å². The summed E-state index contributed by atoms with van der Waals surface area (Å²) in [6.45, 7) is 5.66. The van der Waals surface area contributed by atoms with Crippen molar-refractivity contribution in [1.29, 1.82) is 0 Å². The van der Waals surface area contributed by atoms with Crippen LogP contribution in [0.2, 0.25) is 0 Å². The van der Waals surface area contributed by atoms with E-state index in [0.29, 0.717) is 34.2 Å². The lowest BCUT2D eigenvalue weighted by Crippen LogP contribution is -2.34. The first-order chi connectivity index (χ1) is 16.8. The number of nitrogens with one attached hydrogen (secondary N) is 3. The highest BCUT2D eigenvalue weighted by molar-refractivity contribution is 6.39. The van der Waals surface area contributed by atoms with Gasteiger partial charge in [-0.1, -0.05) is 12.1 Å². The molecule has 1 aromatic carbocycles. The molecule has 0 spiro atoms. The van der Waals surface area contributed by atoms with Crippen molar-refractivity contribution in [3.8, 4) is 0 Å². The molecule has 0 saturated heterocycles. The quantitative estimate of drug-likeness (QED) is 0.226. The Morgan fingerprint density at radius 1 is 1.03 bits per heavy atom. The van der Waals surface area contributed by atoms with Gasteiger partial charge in [0.05, 0.1) is 18.5 Å². The first-order valence-electron chi connectivity index (χ1n) is 10.8. The van der Waals surface area contributed by atoms with Crippen LogP contribution in [0.25, 0.3) is 5.65 Å². The van der Waals surface area contributed by atoms with Gasteiger partial charge in [0.15, 0.2) is 0 Å². The number of fused-ring (bicyclic) bond motifs is 1. The maximum absolute atomic E-state index is 12.5. The maximum atomic E-state index is 12.5. The van der Waals surface area contributed by atoms with Gasteiger partial charge >= 0.3 is 11.8 Å². The van der Waals surface area contributed by atoms with E-state index in [1.807, 2.05) is 38.1 Å². The van der Waals surface area contributed by atoms with Crippen molar-refractivity contribution in [2.24, 2.45) is 5.10 Å². The molecular weight excluding hydrogens is 448 g/mol. The van der Waals surface area contributed by atoms with Gasteiger partial charge in [0, 0.05) is 11.9 Å². The molecule has 0 atom stereocenters. The van der Waals surface area contributed by atoms with Gasteiger partial charge in [0.25, 0.3) is 5.91 Å². The van der Waals surface area contributed by atoms with Crippen molar-refractivity contribution >= 4 is 35.3 Å². The lowest BCUT2D eigenvalue weighted by atomic mass is 10.1. The molecule has 3 aromatic heterocycles. The van der Waals surface area contributed by atoms with Gasteiger partial charge in [-0.3, -0.25) is 18.8 Å². The highest BCUT2D eigenvalue weighted by Crippen LogP contribution is 2.14. The fraction of sp³-hybridized carbons (Fsp3) is 0.160. The number of benzene rings is 1. The Morgan fingerprint density at radius 3 is 2.66 bits per heavy atom. The Morgan fingerprint density at radius 2 is 1.86 bits per heavy atom. The third kappa shape index (κ3) is 5.44. The van der Waals surface area contributed by atoms with Gasteiger partial charge in [0.1, 0.15) is 22.9 Å². The molecule has 3 N–H and O–H groups in total. The van der Waals surface area contributed by atoms with E-state index in [1.54, 1.807) is 41.8 Å². The molecule has 0 aliphatic heterocycles. The summed E-state index contributed by atoms with van der Waals surface area (Å²) < 4.78 is 7.25. The molecule has 178 valence electrons. The lowest BCUT2D eigenvalue weighted by Gasteiger charge is -2.07. The molecule has 0 unspecified atom stereocenters. The lowest BCUT2D eigenvalue weighted by molar-refractivity contribution is -0.136. The van der Waals surface area contributed by atoms with E-state index in [-0.39, 0.29) is 6.54 Å². The van der Waals surface area contributed by atoms with Gasteiger partial charge in [0.2, 0.25) is 0 Å². The zero-order valence-corrected chi connectivity index (χ0v) is 19.5. The van der Waals surface area contributed by atoms with E-state index >= 15 is 0 Å². The molecule has 3 heterocycles. The number of rotatable bonds is 6. The number of nitrogens with zero attached hydrogens (tertiary/aromatic N) is 3. The summed E-state index contributed by atoms with van der Waals surface area (Å²) in [4.78, 5) is 41.1. The maximum Gasteiger partial charge on any atom is 0.313 e. The van der Waals surface area contributed by atoms with Crippen molar-refractivity contribution in [1.82, 2.24) is 20.1 Å². The van der Waals surface area contributed by atoms with Crippen molar-refractivity contribution in [3.63, 3.8) is 0 Å². The largest absolute Gasteiger partial charge is 0.458 e. The van der Waals surface area contributed by atoms with Gasteiger partial charge in [-0.2, -0.15) is 5.10 Å². The second-order valence-electron chi connectivity index (χ2n) is 7.91. The zero-order chi connectivity index (χ0) is 24.9. The summed E-state index contributed by atoms with van der Waals surface area (Å²) in [5.74, 6) is -1.18. The number of carbonyl (C=O) groups excluding carboxylic acids is 3. The Bertz CT molecular complexity index is 1450. The average molecular weight is 473 g/mol. The number of aryl methyl sites for hydroxylation is 3. The number of hydrogen-bond acceptors (Lipinski definition) is 6. The Balaban J connectivity index is 1.29. The Kier molecular flexibility index (Phi) is 6.72. The second kappa shape index (κ2) is 10.0. The van der Waals surface area contributed by atoms with Gasteiger partial charge in [-0.25, -0.2) is 10.4 Å². The summed E-state index contributed by atoms with van der Waals surface area (Å²) in [5, 5.41) is 9.00. The minimum atomic E-state index is -0.787. The molecule has 0 aliphatic rings. The van der Waals surface area contributed by atoms with Crippen LogP contribution in [0.4, 0.5) is 5.69 Å². The van der Waals surface area contributed by atoms with Gasteiger partial charge < -0.3 is 15.1 Å². The summed E-state index contributed by atoms with van der Waals surface area (Å²) >= 11 is 0. The summed E-state index contributed by atoms with van der Waals surface area (Å²) in [5.41, 5.74) is 6.75. The van der Waals surface area contributed by atoms with Crippen LogP contribution < -0.4 is 16.1 Å². The van der Waals surface area contributed by atoms with E-state index in [2.05, 4.69) is 26.1 Å². The number of amides is 3. The average Bonchev–Trinajstić information content (AvgIpc) is 3.42. The molecule has 10 heteroatoms. The number of anilines is 1. The number of hydrogen-bond donors (Lipinski definition) is 3. The molecule has 0 aliphatic carbocycles. The van der Waals surface area contributed by atoms with E-state index < -0.39 is 17.7 Å². The normalized spacial score (nSPS) is 11.1. The number of carbonyl (C=O) groups is 3. The first kappa shape index (κ1) is 23.4. The molecule has 0 radical (unpaired) electrons. The van der Waals surface area contributed by atoms with Crippen LogP contribution in [-0.2, 0) is 16.1 Å². The van der Waals surface area contributed by atoms with Crippen LogP contribution in [0, 0.1) is 20.8 Å². The van der Waals surface area contributed by atoms with Gasteiger partial charge in [-0.15, -0.1) is 0 Å². The third-order valence-electron chi connectivity index (χ3n) is 5.35. The number of imidazole rings is 1. The van der Waals surface area contributed by atoms with Crippen LogP contribution in [0.5, 0.6) is 0 Å². The van der Waals surface area contributed by atoms with Crippen LogP contribution in [0.3, 0.4) is 0 Å². The molecule has 4 rings (SSSR count). The van der Waals surface area contributed by atoms with Crippen LogP contribution in [0.1, 0.15) is 38.8 Å². The predicted octanol–water partition coefficient (Wildman–Crippen LogP) is 2.87. The fourth-order valence-electron chi connectivity index (χ4n) is 3.41. The van der Waals surface area contributed by atoms with E-state index in [1.165, 1.54) is 6.21 Å².